The second kappa shape index (κ2) is 9.41. The van der Waals surface area contributed by atoms with E-state index >= 15 is 0 Å². The van der Waals surface area contributed by atoms with Gasteiger partial charge in [-0.1, -0.05) is 6.07 Å². The Balaban J connectivity index is 2.45. The molecule has 1 atom stereocenters. The van der Waals surface area contributed by atoms with Crippen LogP contribution in [0.2, 0.25) is 0 Å². The molecule has 0 spiro atoms. The number of para-hydroxylation sites is 1. The molecule has 2 rings (SSSR count). The number of aldehydes is 2. The van der Waals surface area contributed by atoms with Gasteiger partial charge in [-0.15, -0.1) is 0 Å². The molecule has 0 radical (unpaired) electrons. The molecule has 1 aromatic carbocycles. The molecule has 0 fully saturated rings. The minimum absolute atomic E-state index is 0.0510. The molecule has 8 nitrogen and oxygen atoms in total. The minimum atomic E-state index is -3.35. The van der Waals surface area contributed by atoms with Crippen LogP contribution < -0.4 is 10.6 Å². The van der Waals surface area contributed by atoms with Gasteiger partial charge >= 0.3 is 0 Å². The first kappa shape index (κ1) is 23.6. The van der Waals surface area contributed by atoms with Crippen molar-refractivity contribution in [1.82, 2.24) is 10.2 Å². The van der Waals surface area contributed by atoms with Crippen molar-refractivity contribution >= 4 is 24.2 Å². The van der Waals surface area contributed by atoms with Crippen LogP contribution in [0.3, 0.4) is 0 Å². The topological polar surface area (TPSA) is 112 Å². The third-order valence-corrected chi connectivity index (χ3v) is 4.32. The zero-order valence-corrected chi connectivity index (χ0v) is 17.4. The van der Waals surface area contributed by atoms with E-state index in [-0.39, 0.29) is 29.6 Å². The number of amides is 1. The number of carbonyl (C=O) groups is 3. The van der Waals surface area contributed by atoms with Gasteiger partial charge in [-0.05, 0) is 31.2 Å². The van der Waals surface area contributed by atoms with E-state index in [0.717, 1.165) is 0 Å². The number of anilines is 1. The van der Waals surface area contributed by atoms with Crippen LogP contribution in [0.25, 0.3) is 0 Å². The number of phenols is 1. The number of furan rings is 1. The first-order valence-electron chi connectivity index (χ1n) is 9.15. The summed E-state index contributed by atoms with van der Waals surface area (Å²) in [5, 5.41) is 15.3. The number of phenolic OH excluding ortho intramolecular Hbond substituents is 1. The Labute approximate surface area is 177 Å². The molecule has 10 heteroatoms. The number of alkyl halides is 2. The molecule has 0 aliphatic rings. The van der Waals surface area contributed by atoms with E-state index < -0.39 is 35.0 Å². The lowest BCUT2D eigenvalue weighted by atomic mass is 10.1. The maximum absolute atomic E-state index is 14.2. The minimum Gasteiger partial charge on any atom is -0.505 e. The van der Waals surface area contributed by atoms with E-state index in [1.807, 2.05) is 0 Å². The van der Waals surface area contributed by atoms with Crippen molar-refractivity contribution in [1.29, 1.82) is 0 Å². The summed E-state index contributed by atoms with van der Waals surface area (Å²) in [6, 6.07) is 5.26. The zero-order valence-electron chi connectivity index (χ0n) is 17.4. The van der Waals surface area contributed by atoms with Crippen LogP contribution in [0.4, 0.5) is 14.5 Å². The molecule has 0 aliphatic heterocycles. The van der Waals surface area contributed by atoms with Gasteiger partial charge in [0.05, 0.1) is 11.3 Å². The number of halogens is 2. The van der Waals surface area contributed by atoms with Crippen molar-refractivity contribution in [3.05, 3.63) is 58.8 Å². The van der Waals surface area contributed by atoms with Crippen molar-refractivity contribution < 1.29 is 32.7 Å². The van der Waals surface area contributed by atoms with Crippen LogP contribution in [0, 0.1) is 6.92 Å². The summed E-state index contributed by atoms with van der Waals surface area (Å²) in [5.74, 6) is -4.05. The zero-order chi connectivity index (χ0) is 23.3. The Hall–Kier alpha value is -3.69. The number of allylic oxidation sites excluding steroid dienone is 2. The quantitative estimate of drug-likeness (QED) is 0.315. The molecule has 0 bridgehead atoms. The van der Waals surface area contributed by atoms with Crippen molar-refractivity contribution in [3.8, 4) is 5.75 Å². The van der Waals surface area contributed by atoms with Gasteiger partial charge in [0.1, 0.15) is 29.0 Å². The predicted molar refractivity (Wildman–Crippen MR) is 109 cm³/mol. The normalized spacial score (nSPS) is 13.1. The highest BCUT2D eigenvalue weighted by molar-refractivity contribution is 5.99. The lowest BCUT2D eigenvalue weighted by molar-refractivity contribution is -0.107. The molecule has 1 amide bonds. The SMILES string of the molecule is Cc1ccc([C@H](N/C(C=O)=C(/C=O)Nc2cccc(C(=O)N(C)C)c2O)C(C)(F)F)o1. The van der Waals surface area contributed by atoms with Crippen LogP contribution in [0.15, 0.2) is 46.1 Å². The molecule has 0 aliphatic carbocycles. The highest BCUT2D eigenvalue weighted by atomic mass is 19.3. The number of aryl methyl sites for hydroxylation is 1. The molecule has 2 aromatic rings. The summed E-state index contributed by atoms with van der Waals surface area (Å²) in [6.45, 7) is 2.22. The van der Waals surface area contributed by atoms with Crippen molar-refractivity contribution in [2.45, 2.75) is 25.8 Å². The fraction of sp³-hybridized carbons (Fsp3) is 0.286. The maximum Gasteiger partial charge on any atom is 0.272 e. The monoisotopic (exact) mass is 435 g/mol. The van der Waals surface area contributed by atoms with Gasteiger partial charge in [0.2, 0.25) is 0 Å². The van der Waals surface area contributed by atoms with Gasteiger partial charge in [0, 0.05) is 21.0 Å². The molecule has 166 valence electrons. The summed E-state index contributed by atoms with van der Waals surface area (Å²) in [6.07, 6.45) is 0.423. The highest BCUT2D eigenvalue weighted by Gasteiger charge is 2.38. The van der Waals surface area contributed by atoms with Crippen LogP contribution in [-0.2, 0) is 9.59 Å². The number of nitrogens with zero attached hydrogens (tertiary/aromatic N) is 1. The van der Waals surface area contributed by atoms with Gasteiger partial charge in [-0.3, -0.25) is 14.4 Å². The van der Waals surface area contributed by atoms with E-state index in [1.54, 1.807) is 6.92 Å². The summed E-state index contributed by atoms with van der Waals surface area (Å²) in [5.41, 5.74) is -1.02. The Bertz CT molecular complexity index is 1010. The average Bonchev–Trinajstić information content (AvgIpc) is 3.12. The molecule has 3 N–H and O–H groups in total. The molecule has 0 unspecified atom stereocenters. The first-order valence-corrected chi connectivity index (χ1v) is 9.15. The van der Waals surface area contributed by atoms with Gasteiger partial charge in [0.25, 0.3) is 11.8 Å². The lowest BCUT2D eigenvalue weighted by Gasteiger charge is -2.24. The smallest absolute Gasteiger partial charge is 0.272 e. The van der Waals surface area contributed by atoms with Crippen LogP contribution in [-0.4, -0.2) is 48.5 Å². The van der Waals surface area contributed by atoms with E-state index in [1.165, 1.54) is 49.3 Å². The number of hydrogen-bond acceptors (Lipinski definition) is 7. The lowest BCUT2D eigenvalue weighted by Crippen LogP contribution is -2.36. The number of carbonyl (C=O) groups excluding carboxylic acids is 3. The largest absolute Gasteiger partial charge is 0.505 e. The standard InChI is InChI=1S/C21H23F2N3O5/c1-12-8-9-17(31-12)19(21(2,22)23)25-16(11-28)15(10-27)24-14-7-5-6-13(18(14)29)20(30)26(3)4/h5-11,19,24-25,29H,1-4H3/b16-15-/t19-/m0/s1. The maximum atomic E-state index is 14.2. The highest BCUT2D eigenvalue weighted by Crippen LogP contribution is 2.33. The van der Waals surface area contributed by atoms with E-state index in [9.17, 15) is 28.3 Å². The molecule has 31 heavy (non-hydrogen) atoms. The van der Waals surface area contributed by atoms with Gasteiger partial charge in [-0.25, -0.2) is 8.78 Å². The van der Waals surface area contributed by atoms with E-state index in [0.29, 0.717) is 12.7 Å². The molecule has 0 saturated carbocycles. The van der Waals surface area contributed by atoms with Crippen molar-refractivity contribution in [2.75, 3.05) is 19.4 Å². The summed E-state index contributed by atoms with van der Waals surface area (Å²) in [4.78, 5) is 36.7. The first-order chi connectivity index (χ1) is 14.5. The fourth-order valence-electron chi connectivity index (χ4n) is 2.75. The number of aromatic hydroxyl groups is 1. The van der Waals surface area contributed by atoms with E-state index in [2.05, 4.69) is 10.6 Å². The summed E-state index contributed by atoms with van der Waals surface area (Å²) >= 11 is 0. The average molecular weight is 435 g/mol. The predicted octanol–water partition coefficient (Wildman–Crippen LogP) is 3.00. The molecule has 0 saturated heterocycles. The Morgan fingerprint density at radius 3 is 2.29 bits per heavy atom. The van der Waals surface area contributed by atoms with E-state index in [4.69, 9.17) is 4.42 Å². The third-order valence-electron chi connectivity index (χ3n) is 4.32. The van der Waals surface area contributed by atoms with Crippen molar-refractivity contribution in [3.63, 3.8) is 0 Å². The molecular formula is C21H23F2N3O5. The molecular weight excluding hydrogens is 412 g/mol. The van der Waals surface area contributed by atoms with Gasteiger partial charge in [-0.2, -0.15) is 0 Å². The van der Waals surface area contributed by atoms with Gasteiger partial charge < -0.3 is 25.1 Å². The Kier molecular flexibility index (Phi) is 7.16. The van der Waals surface area contributed by atoms with Crippen molar-refractivity contribution in [2.24, 2.45) is 0 Å². The van der Waals surface area contributed by atoms with Crippen LogP contribution in [0.5, 0.6) is 5.75 Å². The number of nitrogens with one attached hydrogen (secondary N) is 2. The molecule has 1 heterocycles. The third kappa shape index (κ3) is 5.47. The summed E-state index contributed by atoms with van der Waals surface area (Å²) < 4.78 is 33.7. The number of benzene rings is 1. The second-order valence-electron chi connectivity index (χ2n) is 7.07. The Morgan fingerprint density at radius 2 is 1.81 bits per heavy atom. The second-order valence-corrected chi connectivity index (χ2v) is 7.07. The van der Waals surface area contributed by atoms with Gasteiger partial charge in [0.15, 0.2) is 18.3 Å². The number of hydrogen-bond donors (Lipinski definition) is 3. The Morgan fingerprint density at radius 1 is 1.16 bits per heavy atom. The fourth-order valence-corrected chi connectivity index (χ4v) is 2.75. The molecule has 1 aromatic heterocycles. The number of rotatable bonds is 9. The summed E-state index contributed by atoms with van der Waals surface area (Å²) in [7, 11) is 2.99. The van der Waals surface area contributed by atoms with Crippen LogP contribution >= 0.6 is 0 Å². The van der Waals surface area contributed by atoms with Crippen LogP contribution in [0.1, 0.15) is 34.8 Å².